The normalized spacial score (nSPS) is 27.5. The summed E-state index contributed by atoms with van der Waals surface area (Å²) in [6, 6.07) is 0. The predicted molar refractivity (Wildman–Crippen MR) is 54.4 cm³/mol. The van der Waals surface area contributed by atoms with Gasteiger partial charge < -0.3 is 16.2 Å². The van der Waals surface area contributed by atoms with Crippen LogP contribution in [0.4, 0.5) is 0 Å². The molecule has 0 bridgehead atoms. The molecule has 0 radical (unpaired) electrons. The van der Waals surface area contributed by atoms with Gasteiger partial charge in [-0.05, 0) is 13.3 Å². The second-order valence-corrected chi connectivity index (χ2v) is 4.62. The summed E-state index contributed by atoms with van der Waals surface area (Å²) in [4.78, 5) is 0. The highest BCUT2D eigenvalue weighted by Gasteiger charge is 2.48. The molecular formula is C10H22N2O. The van der Waals surface area contributed by atoms with Crippen molar-refractivity contribution in [1.82, 2.24) is 5.32 Å². The van der Waals surface area contributed by atoms with Gasteiger partial charge in [-0.1, -0.05) is 13.8 Å². The molecule has 1 aliphatic heterocycles. The molecule has 3 heteroatoms. The van der Waals surface area contributed by atoms with E-state index in [2.05, 4.69) is 19.2 Å². The maximum absolute atomic E-state index is 10.4. The summed E-state index contributed by atoms with van der Waals surface area (Å²) < 4.78 is 0. The Morgan fingerprint density at radius 3 is 2.23 bits per heavy atom. The van der Waals surface area contributed by atoms with Gasteiger partial charge >= 0.3 is 0 Å². The van der Waals surface area contributed by atoms with E-state index in [1.54, 1.807) is 0 Å². The molecule has 13 heavy (non-hydrogen) atoms. The van der Waals surface area contributed by atoms with E-state index in [-0.39, 0.29) is 5.41 Å². The Labute approximate surface area is 80.7 Å². The van der Waals surface area contributed by atoms with E-state index in [1.165, 1.54) is 0 Å². The van der Waals surface area contributed by atoms with Crippen LogP contribution >= 0.6 is 0 Å². The van der Waals surface area contributed by atoms with Gasteiger partial charge in [-0.3, -0.25) is 0 Å². The van der Waals surface area contributed by atoms with Crippen LogP contribution in [0.2, 0.25) is 0 Å². The fourth-order valence-corrected chi connectivity index (χ4v) is 1.89. The van der Waals surface area contributed by atoms with Gasteiger partial charge in [0.1, 0.15) is 0 Å². The van der Waals surface area contributed by atoms with Gasteiger partial charge in [0.2, 0.25) is 0 Å². The Morgan fingerprint density at radius 2 is 2.00 bits per heavy atom. The first kappa shape index (κ1) is 11.0. The summed E-state index contributed by atoms with van der Waals surface area (Å²) in [6.45, 7) is 8.48. The van der Waals surface area contributed by atoms with Crippen molar-refractivity contribution in [3.05, 3.63) is 0 Å². The molecule has 4 N–H and O–H groups in total. The van der Waals surface area contributed by atoms with E-state index in [0.29, 0.717) is 12.5 Å². The van der Waals surface area contributed by atoms with Crippen molar-refractivity contribution in [1.29, 1.82) is 0 Å². The first-order valence-corrected chi connectivity index (χ1v) is 5.11. The molecule has 0 saturated carbocycles. The minimum Gasteiger partial charge on any atom is -0.389 e. The number of nitrogens with one attached hydrogen (secondary N) is 1. The fourth-order valence-electron chi connectivity index (χ4n) is 1.89. The highest BCUT2D eigenvalue weighted by Crippen LogP contribution is 2.40. The minimum absolute atomic E-state index is 0.153. The highest BCUT2D eigenvalue weighted by molar-refractivity contribution is 5.01. The molecule has 1 saturated heterocycles. The maximum Gasteiger partial charge on any atom is 0.0737 e. The van der Waals surface area contributed by atoms with E-state index >= 15 is 0 Å². The van der Waals surface area contributed by atoms with Crippen molar-refractivity contribution in [3.8, 4) is 0 Å². The molecule has 78 valence electrons. The van der Waals surface area contributed by atoms with Crippen LogP contribution in [0.25, 0.3) is 0 Å². The lowest BCUT2D eigenvalue weighted by Crippen LogP contribution is -2.62. The molecule has 0 aromatic heterocycles. The zero-order valence-corrected chi connectivity index (χ0v) is 8.93. The molecule has 2 atom stereocenters. The van der Waals surface area contributed by atoms with Crippen molar-refractivity contribution >= 4 is 0 Å². The SMILES string of the molecule is CCC(C)(CN)C(C)(O)C1CNC1. The third-order valence-corrected chi connectivity index (χ3v) is 4.03. The maximum atomic E-state index is 10.4. The molecular weight excluding hydrogens is 164 g/mol. The Bertz CT molecular complexity index is 172. The van der Waals surface area contributed by atoms with Crippen molar-refractivity contribution in [2.24, 2.45) is 17.1 Å². The van der Waals surface area contributed by atoms with E-state index in [9.17, 15) is 5.11 Å². The van der Waals surface area contributed by atoms with E-state index in [4.69, 9.17) is 5.73 Å². The third kappa shape index (κ3) is 1.60. The molecule has 0 aromatic rings. The second kappa shape index (κ2) is 3.56. The second-order valence-electron chi connectivity index (χ2n) is 4.62. The average Bonchev–Trinajstić information content (AvgIpc) is 1.98. The van der Waals surface area contributed by atoms with Gasteiger partial charge in [-0.15, -0.1) is 0 Å². The van der Waals surface area contributed by atoms with Crippen LogP contribution in [0, 0.1) is 11.3 Å². The van der Waals surface area contributed by atoms with Crippen LogP contribution in [0.15, 0.2) is 0 Å². The number of aliphatic hydroxyl groups is 1. The molecule has 0 aliphatic carbocycles. The van der Waals surface area contributed by atoms with Crippen LogP contribution in [0.5, 0.6) is 0 Å². The Hall–Kier alpha value is -0.120. The van der Waals surface area contributed by atoms with E-state index < -0.39 is 5.60 Å². The number of hydrogen-bond donors (Lipinski definition) is 3. The average molecular weight is 186 g/mol. The molecule has 3 nitrogen and oxygen atoms in total. The lowest BCUT2D eigenvalue weighted by Gasteiger charge is -2.50. The summed E-state index contributed by atoms with van der Waals surface area (Å²) in [7, 11) is 0. The van der Waals surface area contributed by atoms with Crippen molar-refractivity contribution in [3.63, 3.8) is 0 Å². The predicted octanol–water partition coefficient (Wildman–Crippen LogP) is 0.332. The molecule has 1 fully saturated rings. The van der Waals surface area contributed by atoms with E-state index in [1.807, 2.05) is 6.92 Å². The summed E-state index contributed by atoms with van der Waals surface area (Å²) in [5.41, 5.74) is 4.95. The van der Waals surface area contributed by atoms with Gasteiger partial charge in [0, 0.05) is 31.0 Å². The molecule has 0 amide bonds. The quantitative estimate of drug-likeness (QED) is 0.593. The van der Waals surface area contributed by atoms with Gasteiger partial charge in [-0.25, -0.2) is 0 Å². The lowest BCUT2D eigenvalue weighted by molar-refractivity contribution is -0.117. The van der Waals surface area contributed by atoms with Crippen LogP contribution in [0.1, 0.15) is 27.2 Å². The summed E-state index contributed by atoms with van der Waals surface area (Å²) in [6.07, 6.45) is 0.924. The minimum atomic E-state index is -0.637. The monoisotopic (exact) mass is 186 g/mol. The van der Waals surface area contributed by atoms with Crippen LogP contribution in [-0.2, 0) is 0 Å². The summed E-state index contributed by atoms with van der Waals surface area (Å²) >= 11 is 0. The van der Waals surface area contributed by atoms with Crippen LogP contribution in [-0.4, -0.2) is 30.3 Å². The van der Waals surface area contributed by atoms with Crippen molar-refractivity contribution in [2.75, 3.05) is 19.6 Å². The molecule has 0 spiro atoms. The zero-order valence-electron chi connectivity index (χ0n) is 8.93. The van der Waals surface area contributed by atoms with Gasteiger partial charge in [0.25, 0.3) is 0 Å². The zero-order chi connectivity index (χ0) is 10.1. The number of rotatable bonds is 4. The number of hydrogen-bond acceptors (Lipinski definition) is 3. The number of nitrogens with two attached hydrogens (primary N) is 1. The molecule has 2 unspecified atom stereocenters. The van der Waals surface area contributed by atoms with Gasteiger partial charge in [-0.2, -0.15) is 0 Å². The van der Waals surface area contributed by atoms with Crippen molar-refractivity contribution in [2.45, 2.75) is 32.8 Å². The van der Waals surface area contributed by atoms with E-state index in [0.717, 1.165) is 19.5 Å². The standard InChI is InChI=1S/C10H22N2O/c1-4-9(2,7-11)10(3,13)8-5-12-6-8/h8,12-13H,4-7,11H2,1-3H3. The molecule has 1 heterocycles. The van der Waals surface area contributed by atoms with Crippen LogP contribution in [0.3, 0.4) is 0 Å². The van der Waals surface area contributed by atoms with Gasteiger partial charge in [0.15, 0.2) is 0 Å². The van der Waals surface area contributed by atoms with Gasteiger partial charge in [0.05, 0.1) is 5.60 Å². The Kier molecular flexibility index (Phi) is 3.00. The summed E-state index contributed by atoms with van der Waals surface area (Å²) in [5, 5.41) is 13.6. The Morgan fingerprint density at radius 1 is 1.46 bits per heavy atom. The molecule has 1 aliphatic rings. The highest BCUT2D eigenvalue weighted by atomic mass is 16.3. The van der Waals surface area contributed by atoms with Crippen LogP contribution < -0.4 is 11.1 Å². The first-order valence-electron chi connectivity index (χ1n) is 5.11. The largest absolute Gasteiger partial charge is 0.389 e. The first-order chi connectivity index (χ1) is 5.98. The fraction of sp³-hybridized carbons (Fsp3) is 1.00. The van der Waals surface area contributed by atoms with Crippen molar-refractivity contribution < 1.29 is 5.11 Å². The topological polar surface area (TPSA) is 58.3 Å². The Balaban J connectivity index is 2.74. The third-order valence-electron chi connectivity index (χ3n) is 4.03. The smallest absolute Gasteiger partial charge is 0.0737 e. The molecule has 1 rings (SSSR count). The summed E-state index contributed by atoms with van der Waals surface area (Å²) in [5.74, 6) is 0.362. The lowest BCUT2D eigenvalue weighted by atomic mass is 9.64. The molecule has 0 aromatic carbocycles.